The van der Waals surface area contributed by atoms with E-state index in [0.29, 0.717) is 6.61 Å². The lowest BCUT2D eigenvalue weighted by Crippen LogP contribution is -2.49. The predicted octanol–water partition coefficient (Wildman–Crippen LogP) is 1.19. The molecule has 1 aromatic carbocycles. The molecule has 1 aliphatic rings. The summed E-state index contributed by atoms with van der Waals surface area (Å²) < 4.78 is 5.04. The lowest BCUT2D eigenvalue weighted by atomic mass is 10.2. The Bertz CT molecular complexity index is 373. The van der Waals surface area contributed by atoms with Crippen LogP contribution >= 0.6 is 0 Å². The number of hydrogen-bond acceptors (Lipinski definition) is 3. The number of hydrogen-bond donors (Lipinski definition) is 0. The van der Waals surface area contributed by atoms with Gasteiger partial charge in [0.15, 0.2) is 0 Å². The molecule has 1 aliphatic heterocycles. The van der Waals surface area contributed by atoms with Crippen molar-refractivity contribution in [1.29, 1.82) is 0 Å². The van der Waals surface area contributed by atoms with E-state index in [2.05, 4.69) is 24.0 Å². The second-order valence-electron chi connectivity index (χ2n) is 4.26. The molecule has 4 heteroatoms. The average Bonchev–Trinajstić information content (AvgIpc) is 2.46. The van der Waals surface area contributed by atoms with E-state index in [1.54, 1.807) is 0 Å². The number of anilines is 1. The number of para-hydroxylation sites is 1. The van der Waals surface area contributed by atoms with Gasteiger partial charge in [0.1, 0.15) is 6.61 Å². The van der Waals surface area contributed by atoms with Crippen molar-refractivity contribution in [2.24, 2.45) is 0 Å². The van der Waals surface area contributed by atoms with Crippen molar-refractivity contribution in [3.8, 4) is 0 Å². The Morgan fingerprint density at radius 3 is 2.44 bits per heavy atom. The first kappa shape index (κ1) is 12.9. The number of carbonyl (C=O) groups is 1. The molecule has 0 spiro atoms. The molecule has 97 valence electrons. The Hall–Kier alpha value is -1.55. The minimum atomic E-state index is 0.0614. The topological polar surface area (TPSA) is 32.8 Å². The maximum atomic E-state index is 11.8. The number of rotatable bonds is 4. The fourth-order valence-electron chi connectivity index (χ4n) is 2.10. The number of nitrogens with zero attached hydrogens (tertiary/aromatic N) is 2. The van der Waals surface area contributed by atoms with Gasteiger partial charge in [-0.25, -0.2) is 0 Å². The van der Waals surface area contributed by atoms with E-state index in [-0.39, 0.29) is 12.5 Å². The van der Waals surface area contributed by atoms with Crippen molar-refractivity contribution in [2.45, 2.75) is 0 Å². The molecule has 0 saturated carbocycles. The molecule has 1 heterocycles. The molecule has 0 aliphatic carbocycles. The molecule has 1 amide bonds. The molecule has 0 unspecified atom stereocenters. The van der Waals surface area contributed by atoms with Crippen LogP contribution in [0.25, 0.3) is 0 Å². The summed E-state index contributed by atoms with van der Waals surface area (Å²) in [6, 6.07) is 10.3. The standard InChI is InChI=1S/C14H19N2O2/c1-2-18-12-14(17)16-10-8-15(9-11-16)13-6-4-3-5-7-13/h3-7H,1-2,8-12H2. The van der Waals surface area contributed by atoms with Crippen molar-refractivity contribution >= 4 is 11.6 Å². The summed E-state index contributed by atoms with van der Waals surface area (Å²) in [7, 11) is 0. The van der Waals surface area contributed by atoms with Gasteiger partial charge in [-0.15, -0.1) is 0 Å². The molecule has 1 fully saturated rings. The molecule has 1 aromatic rings. The third-order valence-corrected chi connectivity index (χ3v) is 3.12. The summed E-state index contributed by atoms with van der Waals surface area (Å²) >= 11 is 0. The van der Waals surface area contributed by atoms with Crippen molar-refractivity contribution in [3.05, 3.63) is 37.3 Å². The maximum Gasteiger partial charge on any atom is 0.248 e. The molecule has 1 radical (unpaired) electrons. The lowest BCUT2D eigenvalue weighted by molar-refractivity contribution is -0.136. The first-order valence-electron chi connectivity index (χ1n) is 6.26. The highest BCUT2D eigenvalue weighted by Crippen LogP contribution is 2.15. The lowest BCUT2D eigenvalue weighted by Gasteiger charge is -2.36. The number of ether oxygens (including phenoxy) is 1. The van der Waals surface area contributed by atoms with Crippen LogP contribution in [-0.4, -0.2) is 50.2 Å². The molecule has 2 rings (SSSR count). The van der Waals surface area contributed by atoms with Gasteiger partial charge in [-0.2, -0.15) is 0 Å². The zero-order valence-corrected chi connectivity index (χ0v) is 10.5. The second kappa shape index (κ2) is 6.40. The average molecular weight is 247 g/mol. The van der Waals surface area contributed by atoms with Gasteiger partial charge in [0.2, 0.25) is 5.91 Å². The van der Waals surface area contributed by atoms with Gasteiger partial charge < -0.3 is 14.5 Å². The first-order chi connectivity index (χ1) is 8.81. The Balaban J connectivity index is 1.83. The van der Waals surface area contributed by atoms with Crippen LogP contribution in [0.5, 0.6) is 0 Å². The van der Waals surface area contributed by atoms with Gasteiger partial charge in [0.05, 0.1) is 0 Å². The van der Waals surface area contributed by atoms with Crippen LogP contribution in [0.3, 0.4) is 0 Å². The maximum absolute atomic E-state index is 11.8. The summed E-state index contributed by atoms with van der Waals surface area (Å²) in [6.45, 7) is 7.31. The van der Waals surface area contributed by atoms with Gasteiger partial charge in [0, 0.05) is 38.5 Å². The third kappa shape index (κ3) is 3.23. The van der Waals surface area contributed by atoms with Crippen molar-refractivity contribution < 1.29 is 9.53 Å². The van der Waals surface area contributed by atoms with Gasteiger partial charge in [-0.1, -0.05) is 18.2 Å². The second-order valence-corrected chi connectivity index (χ2v) is 4.26. The van der Waals surface area contributed by atoms with Gasteiger partial charge in [0.25, 0.3) is 0 Å². The zero-order chi connectivity index (χ0) is 12.8. The number of carbonyl (C=O) groups excluding carboxylic acids is 1. The van der Waals surface area contributed by atoms with Crippen LogP contribution in [-0.2, 0) is 9.53 Å². The van der Waals surface area contributed by atoms with Gasteiger partial charge in [-0.05, 0) is 19.1 Å². The van der Waals surface area contributed by atoms with Crippen LogP contribution in [0.2, 0.25) is 0 Å². The van der Waals surface area contributed by atoms with E-state index in [0.717, 1.165) is 26.2 Å². The minimum absolute atomic E-state index is 0.0614. The van der Waals surface area contributed by atoms with Crippen LogP contribution < -0.4 is 4.90 Å². The fourth-order valence-corrected chi connectivity index (χ4v) is 2.10. The summed E-state index contributed by atoms with van der Waals surface area (Å²) in [5, 5.41) is 0. The Morgan fingerprint density at radius 2 is 1.83 bits per heavy atom. The highest BCUT2D eigenvalue weighted by molar-refractivity contribution is 5.77. The van der Waals surface area contributed by atoms with E-state index in [4.69, 9.17) is 4.74 Å². The SMILES string of the molecule is [CH2]COCC(=O)N1CCN(c2ccccc2)CC1. The largest absolute Gasteiger partial charge is 0.372 e. The van der Waals surface area contributed by atoms with Crippen LogP contribution in [0, 0.1) is 6.92 Å². The molecule has 18 heavy (non-hydrogen) atoms. The fraction of sp³-hybridized carbons (Fsp3) is 0.429. The molecule has 0 atom stereocenters. The van der Waals surface area contributed by atoms with Crippen molar-refractivity contribution in [3.63, 3.8) is 0 Å². The summed E-state index contributed by atoms with van der Waals surface area (Å²) in [5.74, 6) is 0.0614. The van der Waals surface area contributed by atoms with Gasteiger partial charge >= 0.3 is 0 Å². The van der Waals surface area contributed by atoms with Crippen LogP contribution in [0.4, 0.5) is 5.69 Å². The predicted molar refractivity (Wildman–Crippen MR) is 71.4 cm³/mol. The number of benzene rings is 1. The highest BCUT2D eigenvalue weighted by atomic mass is 16.5. The van der Waals surface area contributed by atoms with E-state index in [9.17, 15) is 4.79 Å². The van der Waals surface area contributed by atoms with E-state index < -0.39 is 0 Å². The molecule has 0 aromatic heterocycles. The number of piperazine rings is 1. The Labute approximate surface area is 108 Å². The monoisotopic (exact) mass is 247 g/mol. The summed E-state index contributed by atoms with van der Waals surface area (Å²) in [5.41, 5.74) is 1.22. The first-order valence-corrected chi connectivity index (χ1v) is 6.26. The zero-order valence-electron chi connectivity index (χ0n) is 10.5. The van der Waals surface area contributed by atoms with Crippen molar-refractivity contribution in [2.75, 3.05) is 44.3 Å². The van der Waals surface area contributed by atoms with Crippen LogP contribution in [0.15, 0.2) is 30.3 Å². The molecule has 1 saturated heterocycles. The third-order valence-electron chi connectivity index (χ3n) is 3.12. The summed E-state index contributed by atoms with van der Waals surface area (Å²) in [4.78, 5) is 15.9. The number of amides is 1. The Morgan fingerprint density at radius 1 is 1.17 bits per heavy atom. The quantitative estimate of drug-likeness (QED) is 0.801. The summed E-state index contributed by atoms with van der Waals surface area (Å²) in [6.07, 6.45) is 0. The van der Waals surface area contributed by atoms with Crippen LogP contribution in [0.1, 0.15) is 0 Å². The molecule has 0 N–H and O–H groups in total. The van der Waals surface area contributed by atoms with Gasteiger partial charge in [-0.3, -0.25) is 4.79 Å². The Kier molecular flexibility index (Phi) is 4.59. The molecule has 0 bridgehead atoms. The van der Waals surface area contributed by atoms with E-state index >= 15 is 0 Å². The highest BCUT2D eigenvalue weighted by Gasteiger charge is 2.20. The van der Waals surface area contributed by atoms with E-state index in [1.807, 2.05) is 23.1 Å². The van der Waals surface area contributed by atoms with Crippen molar-refractivity contribution in [1.82, 2.24) is 4.90 Å². The molecule has 4 nitrogen and oxygen atoms in total. The smallest absolute Gasteiger partial charge is 0.248 e. The van der Waals surface area contributed by atoms with E-state index in [1.165, 1.54) is 5.69 Å². The minimum Gasteiger partial charge on any atom is -0.372 e. The molecular weight excluding hydrogens is 228 g/mol. The molecular formula is C14H19N2O2. The normalized spacial score (nSPS) is 15.8.